The molecule has 1 aliphatic heterocycles. The van der Waals surface area contributed by atoms with Crippen LogP contribution in [-0.4, -0.2) is 62.3 Å². The third-order valence-electron chi connectivity index (χ3n) is 4.27. The summed E-state index contributed by atoms with van der Waals surface area (Å²) >= 11 is 5.75. The van der Waals surface area contributed by atoms with E-state index in [0.717, 1.165) is 10.8 Å². The van der Waals surface area contributed by atoms with Crippen molar-refractivity contribution in [3.8, 4) is 5.75 Å². The predicted molar refractivity (Wildman–Crippen MR) is 96.9 cm³/mol. The van der Waals surface area contributed by atoms with Gasteiger partial charge in [0, 0.05) is 24.8 Å². The third-order valence-corrected chi connectivity index (χ3v) is 4.54. The van der Waals surface area contributed by atoms with Crippen molar-refractivity contribution in [1.29, 1.82) is 0 Å². The number of aliphatic hydroxyl groups is 1. The molecular weight excluding hydrogens is 394 g/mol. The first-order valence-corrected chi connectivity index (χ1v) is 8.57. The van der Waals surface area contributed by atoms with Crippen LogP contribution in [0.25, 0.3) is 0 Å². The van der Waals surface area contributed by atoms with Crippen molar-refractivity contribution in [2.24, 2.45) is 0 Å². The van der Waals surface area contributed by atoms with Gasteiger partial charge in [-0.3, -0.25) is 19.1 Å². The predicted octanol–water partition coefficient (Wildman–Crippen LogP) is -0.289. The maximum atomic E-state index is 12.7. The number of benzene rings is 1. The average molecular weight is 410 g/mol. The van der Waals surface area contributed by atoms with Crippen molar-refractivity contribution in [3.63, 3.8) is 0 Å². The number of carboxylic acid groups (broad SMARTS) is 1. The van der Waals surface area contributed by atoms with Crippen molar-refractivity contribution < 1.29 is 24.5 Å². The quantitative estimate of drug-likeness (QED) is 0.616. The Morgan fingerprint density at radius 3 is 2.75 bits per heavy atom. The Balaban J connectivity index is 1.79. The fourth-order valence-corrected chi connectivity index (χ4v) is 3.11. The minimum Gasteiger partial charge on any atom is -0.482 e. The van der Waals surface area contributed by atoms with E-state index < -0.39 is 41.9 Å². The average Bonchev–Trinajstić information content (AvgIpc) is 3.04. The van der Waals surface area contributed by atoms with Crippen LogP contribution in [0.4, 0.5) is 0 Å². The molecule has 0 saturated carbocycles. The van der Waals surface area contributed by atoms with E-state index in [4.69, 9.17) is 21.4 Å². The van der Waals surface area contributed by atoms with Gasteiger partial charge in [0.1, 0.15) is 10.8 Å². The molecule has 148 valence electrons. The van der Waals surface area contributed by atoms with Crippen molar-refractivity contribution in [1.82, 2.24) is 14.5 Å². The zero-order chi connectivity index (χ0) is 20.4. The first-order chi connectivity index (χ1) is 13.3. The lowest BCUT2D eigenvalue weighted by atomic mass is 10.2. The zero-order valence-electron chi connectivity index (χ0n) is 14.4. The number of halogens is 1. The van der Waals surface area contributed by atoms with Gasteiger partial charge in [0.2, 0.25) is 0 Å². The molecule has 3 rings (SSSR count). The van der Waals surface area contributed by atoms with Crippen molar-refractivity contribution in [3.05, 3.63) is 61.9 Å². The maximum Gasteiger partial charge on any atom is 0.341 e. The number of likely N-dealkylation sites (tertiary alicyclic amines) is 1. The first-order valence-electron chi connectivity index (χ1n) is 8.19. The molecule has 0 bridgehead atoms. The summed E-state index contributed by atoms with van der Waals surface area (Å²) in [6.45, 7) is -0.562. The highest BCUT2D eigenvalue weighted by atomic mass is 35.5. The van der Waals surface area contributed by atoms with Gasteiger partial charge in [-0.25, -0.2) is 9.59 Å². The Hall–Kier alpha value is -3.11. The molecular formula is C17H16ClN3O7. The summed E-state index contributed by atoms with van der Waals surface area (Å²) < 4.78 is 6.15. The van der Waals surface area contributed by atoms with Gasteiger partial charge in [-0.2, -0.15) is 0 Å². The molecule has 3 N–H and O–H groups in total. The van der Waals surface area contributed by atoms with Crippen LogP contribution in [0.5, 0.6) is 5.75 Å². The second-order valence-corrected chi connectivity index (χ2v) is 6.61. The number of hydrogen-bond donors (Lipinski definition) is 3. The van der Waals surface area contributed by atoms with Crippen LogP contribution < -0.4 is 16.0 Å². The van der Waals surface area contributed by atoms with Crippen LogP contribution in [0.3, 0.4) is 0 Å². The molecule has 2 heterocycles. The fourth-order valence-electron chi connectivity index (χ4n) is 2.96. The number of nitrogens with zero attached hydrogens (tertiary/aromatic N) is 2. The highest BCUT2D eigenvalue weighted by Crippen LogP contribution is 2.24. The Morgan fingerprint density at radius 2 is 2.04 bits per heavy atom. The smallest absolute Gasteiger partial charge is 0.341 e. The lowest BCUT2D eigenvalue weighted by Gasteiger charge is -2.18. The molecule has 0 aliphatic carbocycles. The molecule has 0 radical (unpaired) electrons. The third kappa shape index (κ3) is 4.07. The molecule has 1 aromatic heterocycles. The molecule has 2 aromatic rings. The number of aromatic nitrogens is 2. The summed E-state index contributed by atoms with van der Waals surface area (Å²) in [5.74, 6) is -1.36. The molecule has 1 fully saturated rings. The number of aliphatic hydroxyl groups excluding tert-OH is 1. The van der Waals surface area contributed by atoms with Crippen LogP contribution in [0.1, 0.15) is 16.4 Å². The standard InChI is InChI=1S/C17H16ClN3O7/c18-11-5-21(17(27)19-15(11)25)12-6-20(7-13(12)22)16(26)9-2-1-3-10(4-9)28-8-14(23)24/h1-5,12-13,22H,6-8H2,(H,23,24)(H,19,25,27)/t12-,13-/m0/s1. The summed E-state index contributed by atoms with van der Waals surface area (Å²) in [4.78, 5) is 50.1. The Kier molecular flexibility index (Phi) is 5.52. The monoisotopic (exact) mass is 409 g/mol. The Morgan fingerprint density at radius 1 is 1.29 bits per heavy atom. The molecule has 1 amide bonds. The molecule has 11 heteroatoms. The zero-order valence-corrected chi connectivity index (χ0v) is 15.1. The SMILES string of the molecule is O=C(O)COc1cccc(C(=O)N2C[C@H](O)[C@@H](n3cc(Cl)c(=O)[nH]c3=O)C2)c1. The van der Waals surface area contributed by atoms with Crippen molar-refractivity contribution >= 4 is 23.5 Å². The highest BCUT2D eigenvalue weighted by molar-refractivity contribution is 6.30. The molecule has 1 saturated heterocycles. The van der Waals surface area contributed by atoms with E-state index in [0.29, 0.717) is 0 Å². The van der Waals surface area contributed by atoms with Crippen LogP contribution in [0.2, 0.25) is 5.02 Å². The van der Waals surface area contributed by atoms with E-state index in [9.17, 15) is 24.3 Å². The van der Waals surface area contributed by atoms with E-state index in [2.05, 4.69) is 4.98 Å². The number of nitrogens with one attached hydrogen (secondary N) is 1. The van der Waals surface area contributed by atoms with Crippen LogP contribution in [-0.2, 0) is 4.79 Å². The van der Waals surface area contributed by atoms with E-state index in [1.165, 1.54) is 23.1 Å². The summed E-state index contributed by atoms with van der Waals surface area (Å²) in [5.41, 5.74) is -1.24. The van der Waals surface area contributed by atoms with Gasteiger partial charge in [-0.15, -0.1) is 0 Å². The second-order valence-electron chi connectivity index (χ2n) is 6.20. The van der Waals surface area contributed by atoms with Gasteiger partial charge >= 0.3 is 11.7 Å². The lowest BCUT2D eigenvalue weighted by Crippen LogP contribution is -2.36. The van der Waals surface area contributed by atoms with Gasteiger partial charge in [0.15, 0.2) is 6.61 Å². The number of aliphatic carboxylic acids is 1. The van der Waals surface area contributed by atoms with Gasteiger partial charge < -0.3 is 19.8 Å². The minimum atomic E-state index is -1.15. The van der Waals surface area contributed by atoms with Crippen molar-refractivity contribution in [2.75, 3.05) is 19.7 Å². The van der Waals surface area contributed by atoms with E-state index in [-0.39, 0.29) is 29.4 Å². The van der Waals surface area contributed by atoms with Gasteiger partial charge in [0.05, 0.1) is 12.1 Å². The number of carbonyl (C=O) groups is 2. The van der Waals surface area contributed by atoms with E-state index >= 15 is 0 Å². The summed E-state index contributed by atoms with van der Waals surface area (Å²) in [6.07, 6.45) is 0.0837. The molecule has 1 aliphatic rings. The topological polar surface area (TPSA) is 142 Å². The highest BCUT2D eigenvalue weighted by Gasteiger charge is 2.36. The van der Waals surface area contributed by atoms with Crippen LogP contribution >= 0.6 is 11.6 Å². The number of amides is 1. The summed E-state index contributed by atoms with van der Waals surface area (Å²) in [7, 11) is 0. The summed E-state index contributed by atoms with van der Waals surface area (Å²) in [6, 6.07) is 5.20. The second kappa shape index (κ2) is 7.87. The lowest BCUT2D eigenvalue weighted by molar-refractivity contribution is -0.139. The number of aromatic amines is 1. The van der Waals surface area contributed by atoms with Gasteiger partial charge in [-0.1, -0.05) is 17.7 Å². The number of ether oxygens (including phenoxy) is 1. The normalized spacial score (nSPS) is 18.9. The number of hydrogen-bond acceptors (Lipinski definition) is 6. The summed E-state index contributed by atoms with van der Waals surface area (Å²) in [5, 5.41) is 18.8. The van der Waals surface area contributed by atoms with Crippen molar-refractivity contribution in [2.45, 2.75) is 12.1 Å². The number of H-pyrrole nitrogens is 1. The Bertz CT molecular complexity index is 1030. The molecule has 0 spiro atoms. The minimum absolute atomic E-state index is 0.0164. The van der Waals surface area contributed by atoms with Crippen LogP contribution in [0, 0.1) is 0 Å². The number of β-amino-alcohol motifs (C(OH)–C–C–N with tert-alkyl or cyclic N) is 1. The molecule has 10 nitrogen and oxygen atoms in total. The fraction of sp³-hybridized carbons (Fsp3) is 0.294. The number of carboxylic acids is 1. The van der Waals surface area contributed by atoms with Gasteiger partial charge in [0.25, 0.3) is 11.5 Å². The Labute approximate surface area is 162 Å². The molecule has 1 aromatic carbocycles. The first kappa shape index (κ1) is 19.6. The number of carbonyl (C=O) groups excluding carboxylic acids is 1. The van der Waals surface area contributed by atoms with E-state index in [1.807, 2.05) is 0 Å². The largest absolute Gasteiger partial charge is 0.482 e. The number of rotatable bonds is 5. The van der Waals surface area contributed by atoms with Crippen LogP contribution in [0.15, 0.2) is 40.1 Å². The molecule has 28 heavy (non-hydrogen) atoms. The maximum absolute atomic E-state index is 12.7. The molecule has 0 unspecified atom stereocenters. The van der Waals surface area contributed by atoms with E-state index in [1.54, 1.807) is 6.07 Å². The molecule has 2 atom stereocenters. The van der Waals surface area contributed by atoms with Gasteiger partial charge in [-0.05, 0) is 18.2 Å².